The number of pyridine rings is 1. The molecular formula is C50H43N3OS. The van der Waals surface area contributed by atoms with Crippen molar-refractivity contribution in [2.45, 2.75) is 40.0 Å². The van der Waals surface area contributed by atoms with Crippen molar-refractivity contribution in [3.8, 4) is 44.3 Å². The number of fused-ring (bicyclic) bond motifs is 2. The zero-order chi connectivity index (χ0) is 37.7. The Labute approximate surface area is 327 Å². The predicted molar refractivity (Wildman–Crippen MR) is 233 cm³/mol. The molecule has 0 N–H and O–H groups in total. The van der Waals surface area contributed by atoms with E-state index in [-0.39, 0.29) is 5.41 Å². The van der Waals surface area contributed by atoms with Crippen LogP contribution in [0.5, 0.6) is 10.8 Å². The third-order valence-electron chi connectivity index (χ3n) is 10.8. The van der Waals surface area contributed by atoms with Crippen molar-refractivity contribution >= 4 is 43.6 Å². The maximum absolute atomic E-state index is 6.73. The molecule has 0 fully saturated rings. The zero-order valence-corrected chi connectivity index (χ0v) is 32.7. The van der Waals surface area contributed by atoms with Gasteiger partial charge in [-0.15, -0.1) is 0 Å². The first-order chi connectivity index (χ1) is 26.7. The minimum Gasteiger partial charge on any atom is -0.447 e. The first kappa shape index (κ1) is 34.6. The Hall–Kier alpha value is -6.17. The maximum Gasteiger partial charge on any atom is 0.182 e. The van der Waals surface area contributed by atoms with Crippen molar-refractivity contribution < 1.29 is 4.74 Å². The SMILES string of the molecule is CC1=C(C)N(c2c(-c3ccccc3)cccc2-c2ccccc2)CN1c1cccc(Oc2cc3c(-c4cc(C(C)(C)C)ccn4)c4ccccc4cc3s2)c1. The lowest BCUT2D eigenvalue weighted by Crippen LogP contribution is -2.27. The van der Waals surface area contributed by atoms with E-state index in [2.05, 4.69) is 196 Å². The quantitative estimate of drug-likeness (QED) is 0.163. The summed E-state index contributed by atoms with van der Waals surface area (Å²) in [5.74, 6) is 0.807. The van der Waals surface area contributed by atoms with Crippen molar-refractivity contribution in [3.05, 3.63) is 175 Å². The van der Waals surface area contributed by atoms with Gasteiger partial charge in [-0.25, -0.2) is 0 Å². The number of rotatable bonds is 7. The molecule has 55 heavy (non-hydrogen) atoms. The van der Waals surface area contributed by atoms with Crippen LogP contribution >= 0.6 is 11.3 Å². The molecule has 0 saturated carbocycles. The molecule has 1 aliphatic rings. The van der Waals surface area contributed by atoms with Crippen LogP contribution in [0.4, 0.5) is 11.4 Å². The molecule has 5 heteroatoms. The molecule has 0 spiro atoms. The number of allylic oxidation sites excluding steroid dienone is 2. The van der Waals surface area contributed by atoms with Crippen LogP contribution in [0.3, 0.4) is 0 Å². The lowest BCUT2D eigenvalue weighted by atomic mass is 9.86. The van der Waals surface area contributed by atoms with Crippen molar-refractivity contribution in [3.63, 3.8) is 0 Å². The molecule has 9 rings (SSSR count). The number of hydrogen-bond donors (Lipinski definition) is 0. The average molecular weight is 734 g/mol. The summed E-state index contributed by atoms with van der Waals surface area (Å²) < 4.78 is 7.91. The molecular weight excluding hydrogens is 691 g/mol. The Morgan fingerprint density at radius 2 is 1.27 bits per heavy atom. The number of para-hydroxylation sites is 1. The minimum absolute atomic E-state index is 0.0171. The summed E-state index contributed by atoms with van der Waals surface area (Å²) in [4.78, 5) is 9.77. The molecule has 0 atom stereocenters. The second-order valence-corrected chi connectivity index (χ2v) is 16.4. The molecule has 1 aliphatic heterocycles. The number of nitrogens with zero attached hydrogens (tertiary/aromatic N) is 3. The molecule has 4 nitrogen and oxygen atoms in total. The maximum atomic E-state index is 6.73. The van der Waals surface area contributed by atoms with E-state index in [1.165, 1.54) is 60.4 Å². The van der Waals surface area contributed by atoms with Crippen LogP contribution in [0, 0.1) is 0 Å². The van der Waals surface area contributed by atoms with Crippen LogP contribution in [-0.2, 0) is 5.41 Å². The van der Waals surface area contributed by atoms with Gasteiger partial charge in [-0.05, 0) is 77.1 Å². The van der Waals surface area contributed by atoms with Gasteiger partial charge in [0.1, 0.15) is 5.75 Å². The van der Waals surface area contributed by atoms with E-state index in [4.69, 9.17) is 9.72 Å². The molecule has 2 aromatic heterocycles. The Morgan fingerprint density at radius 3 is 1.98 bits per heavy atom. The van der Waals surface area contributed by atoms with E-state index < -0.39 is 0 Å². The Kier molecular flexibility index (Phi) is 8.75. The molecule has 0 amide bonds. The topological polar surface area (TPSA) is 28.6 Å². The van der Waals surface area contributed by atoms with Crippen LogP contribution in [0.15, 0.2) is 169 Å². The Morgan fingerprint density at radius 1 is 0.618 bits per heavy atom. The number of hydrogen-bond acceptors (Lipinski definition) is 5. The molecule has 0 saturated heterocycles. The van der Waals surface area contributed by atoms with E-state index in [1.54, 1.807) is 11.3 Å². The highest BCUT2D eigenvalue weighted by atomic mass is 32.1. The monoisotopic (exact) mass is 733 g/mol. The van der Waals surface area contributed by atoms with Crippen LogP contribution in [-0.4, -0.2) is 11.7 Å². The highest BCUT2D eigenvalue weighted by molar-refractivity contribution is 7.21. The molecule has 6 aromatic carbocycles. The van der Waals surface area contributed by atoms with E-state index >= 15 is 0 Å². The van der Waals surface area contributed by atoms with Gasteiger partial charge in [0, 0.05) is 62.2 Å². The second-order valence-electron chi connectivity index (χ2n) is 15.3. The second kappa shape index (κ2) is 13.9. The number of aromatic nitrogens is 1. The van der Waals surface area contributed by atoms with Gasteiger partial charge in [-0.2, -0.15) is 0 Å². The summed E-state index contributed by atoms with van der Waals surface area (Å²) in [6, 6.07) is 54.0. The summed E-state index contributed by atoms with van der Waals surface area (Å²) in [5, 5.41) is 4.40. The Bertz CT molecular complexity index is 2670. The molecule has 8 aromatic rings. The van der Waals surface area contributed by atoms with Gasteiger partial charge in [0.05, 0.1) is 18.1 Å². The first-order valence-electron chi connectivity index (χ1n) is 18.9. The minimum atomic E-state index is 0.0171. The molecule has 0 radical (unpaired) electrons. The fourth-order valence-electron chi connectivity index (χ4n) is 7.81. The smallest absolute Gasteiger partial charge is 0.182 e. The van der Waals surface area contributed by atoms with Gasteiger partial charge in [0.2, 0.25) is 0 Å². The van der Waals surface area contributed by atoms with Gasteiger partial charge in [0.25, 0.3) is 0 Å². The number of ether oxygens (including phenoxy) is 1. The molecule has 0 aliphatic carbocycles. The van der Waals surface area contributed by atoms with Crippen molar-refractivity contribution in [2.75, 3.05) is 16.5 Å². The standard InChI is InChI=1S/C50H43N3OS/c1-33-34(2)53(49-42(35-16-8-6-9-17-35)24-15-25-43(49)36-18-10-7-11-19-36)32-52(33)39-21-14-22-40(30-39)54-47-31-44-46(55-47)28-37-20-12-13-23-41(37)48(44)45-29-38(26-27-51-45)50(3,4)5/h6-31H,32H2,1-5H3. The number of anilines is 2. The normalized spacial score (nSPS) is 13.3. The predicted octanol–water partition coefficient (Wildman–Crippen LogP) is 14.1. The third-order valence-corrected chi connectivity index (χ3v) is 11.8. The fourth-order valence-corrected chi connectivity index (χ4v) is 8.79. The molecule has 270 valence electrons. The van der Waals surface area contributed by atoms with Gasteiger partial charge >= 0.3 is 0 Å². The van der Waals surface area contributed by atoms with E-state index in [0.717, 1.165) is 33.1 Å². The van der Waals surface area contributed by atoms with Gasteiger partial charge in [0.15, 0.2) is 5.06 Å². The van der Waals surface area contributed by atoms with Gasteiger partial charge < -0.3 is 14.5 Å². The zero-order valence-electron chi connectivity index (χ0n) is 31.9. The molecule has 3 heterocycles. The lowest BCUT2D eigenvalue weighted by molar-refractivity contribution is 0.497. The summed E-state index contributed by atoms with van der Waals surface area (Å²) in [5.41, 5.74) is 13.0. The van der Waals surface area contributed by atoms with Gasteiger partial charge in [-0.3, -0.25) is 4.98 Å². The summed E-state index contributed by atoms with van der Waals surface area (Å²) >= 11 is 1.68. The van der Waals surface area contributed by atoms with Crippen LogP contribution in [0.1, 0.15) is 40.2 Å². The van der Waals surface area contributed by atoms with Crippen molar-refractivity contribution in [1.29, 1.82) is 0 Å². The van der Waals surface area contributed by atoms with Crippen molar-refractivity contribution in [2.24, 2.45) is 0 Å². The number of benzene rings is 6. The molecule has 0 unspecified atom stereocenters. The number of thiophene rings is 1. The van der Waals surface area contributed by atoms with E-state index in [0.29, 0.717) is 6.67 Å². The van der Waals surface area contributed by atoms with Crippen LogP contribution in [0.25, 0.3) is 54.4 Å². The molecule has 0 bridgehead atoms. The average Bonchev–Trinajstić information content (AvgIpc) is 3.75. The van der Waals surface area contributed by atoms with E-state index in [1.807, 2.05) is 6.20 Å². The summed E-state index contributed by atoms with van der Waals surface area (Å²) in [7, 11) is 0. The summed E-state index contributed by atoms with van der Waals surface area (Å²) in [6.07, 6.45) is 1.94. The fraction of sp³-hybridized carbons (Fsp3) is 0.140. The largest absolute Gasteiger partial charge is 0.447 e. The van der Waals surface area contributed by atoms with Gasteiger partial charge in [-0.1, -0.05) is 141 Å². The highest BCUT2D eigenvalue weighted by Crippen LogP contribution is 2.46. The van der Waals surface area contributed by atoms with Crippen LogP contribution in [0.2, 0.25) is 0 Å². The van der Waals surface area contributed by atoms with Crippen molar-refractivity contribution in [1.82, 2.24) is 4.98 Å². The Balaban J connectivity index is 1.07. The summed E-state index contributed by atoms with van der Waals surface area (Å²) in [6.45, 7) is 11.9. The first-order valence-corrected chi connectivity index (χ1v) is 19.7. The highest BCUT2D eigenvalue weighted by Gasteiger charge is 2.30. The van der Waals surface area contributed by atoms with E-state index in [9.17, 15) is 0 Å². The third kappa shape index (κ3) is 6.45. The van der Waals surface area contributed by atoms with Crippen LogP contribution < -0.4 is 14.5 Å². The lowest BCUT2D eigenvalue weighted by Gasteiger charge is -2.28.